The molecule has 0 aliphatic carbocycles. The average Bonchev–Trinajstić information content (AvgIpc) is 2.73. The van der Waals surface area contributed by atoms with Crippen LogP contribution < -0.4 is 0 Å². The van der Waals surface area contributed by atoms with Gasteiger partial charge in [0.1, 0.15) is 0 Å². The molecule has 3 aromatic carbocycles. The summed E-state index contributed by atoms with van der Waals surface area (Å²) in [4.78, 5) is 2.81. The summed E-state index contributed by atoms with van der Waals surface area (Å²) in [5.74, 6) is 0. The smallest absolute Gasteiger partial charge is 0.0948 e. The van der Waals surface area contributed by atoms with E-state index in [-0.39, 0.29) is 4.75 Å². The van der Waals surface area contributed by atoms with Crippen LogP contribution in [-0.4, -0.2) is 6.54 Å². The quantitative estimate of drug-likeness (QED) is 0.205. The van der Waals surface area contributed by atoms with Crippen molar-refractivity contribution in [2.75, 3.05) is 6.54 Å². The summed E-state index contributed by atoms with van der Waals surface area (Å²) in [5, 5.41) is 5.62. The second-order valence-electron chi connectivity index (χ2n) is 5.68. The largest absolute Gasteiger partial charge is 0.113 e. The number of nitrogens with zero attached hydrogens (tertiary/aromatic N) is 3. The fourth-order valence-electron chi connectivity index (χ4n) is 3.00. The Labute approximate surface area is 158 Å². The Hall–Kier alpha value is -2.94. The molecule has 0 aliphatic heterocycles. The van der Waals surface area contributed by atoms with E-state index in [0.717, 1.165) is 0 Å². The van der Waals surface area contributed by atoms with Gasteiger partial charge < -0.3 is 0 Å². The summed E-state index contributed by atoms with van der Waals surface area (Å²) in [6.45, 7) is 0.345. The van der Waals surface area contributed by atoms with Crippen LogP contribution in [0.1, 0.15) is 16.7 Å². The second kappa shape index (κ2) is 8.95. The molecule has 0 heterocycles. The Morgan fingerprint density at radius 3 is 1.58 bits per heavy atom. The molecule has 3 aromatic rings. The van der Waals surface area contributed by atoms with Gasteiger partial charge in [-0.1, -0.05) is 102 Å². The number of thioether (sulfide) groups is 1. The molecule has 0 radical (unpaired) electrons. The van der Waals surface area contributed by atoms with Gasteiger partial charge in [-0.25, -0.2) is 0 Å². The number of benzene rings is 3. The Kier molecular flexibility index (Phi) is 6.15. The summed E-state index contributed by atoms with van der Waals surface area (Å²) < 4.78 is -0.378. The van der Waals surface area contributed by atoms with Gasteiger partial charge >= 0.3 is 0 Å². The van der Waals surface area contributed by atoms with E-state index in [0.29, 0.717) is 6.54 Å². The number of rotatable bonds is 7. The van der Waals surface area contributed by atoms with Crippen LogP contribution in [0.3, 0.4) is 0 Å². The lowest BCUT2D eigenvalue weighted by molar-refractivity contribution is 0.900. The first-order chi connectivity index (χ1) is 12.9. The van der Waals surface area contributed by atoms with E-state index in [1.165, 1.54) is 16.7 Å². The Bertz CT molecular complexity index is 790. The van der Waals surface area contributed by atoms with Crippen LogP contribution in [0.5, 0.6) is 0 Å². The molecule has 0 atom stereocenters. The standard InChI is InChI=1S/C22H19N3S/c23-25-24-17-10-18-26-22(19-11-4-1-5-12-19,20-13-6-2-7-14-20)21-15-8-3-9-16-21/h1-16,18H,17H2/b18-10-. The maximum atomic E-state index is 8.48. The minimum atomic E-state index is -0.378. The van der Waals surface area contributed by atoms with E-state index in [1.807, 2.05) is 29.7 Å². The predicted octanol–water partition coefficient (Wildman–Crippen LogP) is 6.54. The fraction of sp³-hybridized carbons (Fsp3) is 0.0909. The van der Waals surface area contributed by atoms with Crippen molar-refractivity contribution in [3.8, 4) is 0 Å². The maximum absolute atomic E-state index is 8.48. The third-order valence-corrected chi connectivity index (χ3v) is 5.52. The molecule has 26 heavy (non-hydrogen) atoms. The lowest BCUT2D eigenvalue weighted by Gasteiger charge is -2.34. The lowest BCUT2D eigenvalue weighted by Crippen LogP contribution is -2.24. The average molecular weight is 357 g/mol. The van der Waals surface area contributed by atoms with E-state index in [1.54, 1.807) is 11.8 Å². The molecule has 0 aliphatic rings. The van der Waals surface area contributed by atoms with Crippen LogP contribution in [0.4, 0.5) is 0 Å². The summed E-state index contributed by atoms with van der Waals surface area (Å²) in [6.07, 6.45) is 1.90. The first kappa shape index (κ1) is 17.9. The predicted molar refractivity (Wildman–Crippen MR) is 110 cm³/mol. The van der Waals surface area contributed by atoms with E-state index in [4.69, 9.17) is 5.53 Å². The molecule has 4 heteroatoms. The fourth-order valence-corrected chi connectivity index (χ4v) is 4.20. The van der Waals surface area contributed by atoms with Gasteiger partial charge in [0, 0.05) is 11.5 Å². The van der Waals surface area contributed by atoms with Crippen molar-refractivity contribution in [2.45, 2.75) is 4.75 Å². The Balaban J connectivity index is 2.17. The van der Waals surface area contributed by atoms with Crippen LogP contribution in [0, 0.1) is 0 Å². The maximum Gasteiger partial charge on any atom is 0.0948 e. The van der Waals surface area contributed by atoms with E-state index >= 15 is 0 Å². The molecular weight excluding hydrogens is 338 g/mol. The summed E-state index contributed by atoms with van der Waals surface area (Å²) in [6, 6.07) is 31.5. The second-order valence-corrected chi connectivity index (χ2v) is 6.80. The molecule has 3 rings (SSSR count). The van der Waals surface area contributed by atoms with Crippen molar-refractivity contribution < 1.29 is 0 Å². The molecule has 0 aromatic heterocycles. The van der Waals surface area contributed by atoms with Crippen LogP contribution in [0.2, 0.25) is 0 Å². The van der Waals surface area contributed by atoms with Gasteiger partial charge in [-0.15, -0.1) is 11.8 Å². The highest BCUT2D eigenvalue weighted by Crippen LogP contribution is 2.48. The molecule has 0 saturated carbocycles. The molecule has 0 unspecified atom stereocenters. The third-order valence-electron chi connectivity index (χ3n) is 4.13. The molecule has 0 spiro atoms. The zero-order valence-corrected chi connectivity index (χ0v) is 15.1. The normalized spacial score (nSPS) is 11.2. The van der Waals surface area contributed by atoms with Crippen LogP contribution >= 0.6 is 11.8 Å². The van der Waals surface area contributed by atoms with Crippen molar-refractivity contribution in [3.05, 3.63) is 130 Å². The van der Waals surface area contributed by atoms with Crippen molar-refractivity contribution in [2.24, 2.45) is 5.11 Å². The minimum absolute atomic E-state index is 0.345. The molecule has 0 saturated heterocycles. The van der Waals surface area contributed by atoms with Gasteiger partial charge in [-0.05, 0) is 27.6 Å². The third kappa shape index (κ3) is 3.83. The van der Waals surface area contributed by atoms with Gasteiger partial charge in [0.05, 0.1) is 4.75 Å². The van der Waals surface area contributed by atoms with Crippen LogP contribution in [0.25, 0.3) is 10.4 Å². The van der Waals surface area contributed by atoms with Crippen molar-refractivity contribution >= 4 is 11.8 Å². The zero-order chi connectivity index (χ0) is 18.1. The Morgan fingerprint density at radius 2 is 1.19 bits per heavy atom. The first-order valence-corrected chi connectivity index (χ1v) is 9.26. The van der Waals surface area contributed by atoms with E-state index < -0.39 is 0 Å². The molecule has 0 amide bonds. The number of azide groups is 1. The molecular formula is C22H19N3S. The van der Waals surface area contributed by atoms with Gasteiger partial charge in [0.15, 0.2) is 0 Å². The van der Waals surface area contributed by atoms with Crippen LogP contribution in [0.15, 0.2) is 108 Å². The summed E-state index contributed by atoms with van der Waals surface area (Å²) >= 11 is 1.71. The van der Waals surface area contributed by atoms with Gasteiger partial charge in [-0.3, -0.25) is 0 Å². The number of hydrogen-bond donors (Lipinski definition) is 0. The van der Waals surface area contributed by atoms with Crippen molar-refractivity contribution in [3.63, 3.8) is 0 Å². The highest BCUT2D eigenvalue weighted by molar-refractivity contribution is 8.03. The minimum Gasteiger partial charge on any atom is -0.113 e. The van der Waals surface area contributed by atoms with Crippen LogP contribution in [-0.2, 0) is 4.75 Å². The summed E-state index contributed by atoms with van der Waals surface area (Å²) in [5.41, 5.74) is 12.1. The topological polar surface area (TPSA) is 48.8 Å². The zero-order valence-electron chi connectivity index (χ0n) is 14.3. The number of hydrogen-bond acceptors (Lipinski definition) is 2. The highest BCUT2D eigenvalue weighted by Gasteiger charge is 2.36. The molecule has 0 bridgehead atoms. The van der Waals surface area contributed by atoms with Gasteiger partial charge in [-0.2, -0.15) is 0 Å². The first-order valence-electron chi connectivity index (χ1n) is 8.38. The van der Waals surface area contributed by atoms with Crippen molar-refractivity contribution in [1.82, 2.24) is 0 Å². The molecule has 0 fully saturated rings. The van der Waals surface area contributed by atoms with Gasteiger partial charge in [0.2, 0.25) is 0 Å². The van der Waals surface area contributed by atoms with E-state index in [9.17, 15) is 0 Å². The molecule has 0 N–H and O–H groups in total. The summed E-state index contributed by atoms with van der Waals surface area (Å²) in [7, 11) is 0. The lowest BCUT2D eigenvalue weighted by atomic mass is 9.84. The van der Waals surface area contributed by atoms with Gasteiger partial charge in [0.25, 0.3) is 0 Å². The Morgan fingerprint density at radius 1 is 0.769 bits per heavy atom. The molecule has 3 nitrogen and oxygen atoms in total. The molecule has 128 valence electrons. The van der Waals surface area contributed by atoms with E-state index in [2.05, 4.69) is 82.8 Å². The SMILES string of the molecule is [N-]=[N+]=NC/C=C\SC(c1ccccc1)(c1ccccc1)c1ccccc1. The highest BCUT2D eigenvalue weighted by atomic mass is 32.2. The monoisotopic (exact) mass is 357 g/mol. The van der Waals surface area contributed by atoms with Crippen molar-refractivity contribution in [1.29, 1.82) is 0 Å².